The summed E-state index contributed by atoms with van der Waals surface area (Å²) in [4.78, 5) is 31.9. The van der Waals surface area contributed by atoms with Crippen LogP contribution in [0.5, 0.6) is 11.5 Å². The average molecular weight is 534 g/mol. The predicted octanol–water partition coefficient (Wildman–Crippen LogP) is 5.68. The highest BCUT2D eigenvalue weighted by molar-refractivity contribution is 6.47. The highest BCUT2D eigenvalue weighted by Crippen LogP contribution is 2.44. The van der Waals surface area contributed by atoms with E-state index in [1.165, 1.54) is 31.3 Å². The van der Waals surface area contributed by atoms with Crippen LogP contribution in [0.4, 0.5) is 0 Å². The maximum Gasteiger partial charge on any atom is 0.295 e. The number of rotatable bonds is 6. The van der Waals surface area contributed by atoms with Crippen LogP contribution in [0.3, 0.4) is 0 Å². The second-order valence-corrected chi connectivity index (χ2v) is 8.87. The van der Waals surface area contributed by atoms with E-state index in [0.717, 1.165) is 0 Å². The van der Waals surface area contributed by atoms with Crippen LogP contribution in [-0.2, 0) is 16.1 Å². The van der Waals surface area contributed by atoms with Crippen molar-refractivity contribution in [2.24, 2.45) is 0 Å². The van der Waals surface area contributed by atoms with E-state index in [-0.39, 0.29) is 39.2 Å². The van der Waals surface area contributed by atoms with Crippen LogP contribution in [-0.4, -0.2) is 40.9 Å². The summed E-state index contributed by atoms with van der Waals surface area (Å²) >= 11 is 18.6. The third kappa shape index (κ3) is 4.67. The second-order valence-electron chi connectivity index (χ2n) is 7.65. The summed E-state index contributed by atoms with van der Waals surface area (Å²) in [5.41, 5.74) is 1.19. The molecule has 0 radical (unpaired) electrons. The first-order valence-corrected chi connectivity index (χ1v) is 11.4. The Bertz CT molecular complexity index is 1340. The van der Waals surface area contributed by atoms with Crippen molar-refractivity contribution in [3.8, 4) is 11.5 Å². The van der Waals surface area contributed by atoms with Crippen LogP contribution < -0.4 is 9.47 Å². The van der Waals surface area contributed by atoms with Crippen LogP contribution >= 0.6 is 34.8 Å². The van der Waals surface area contributed by atoms with E-state index in [9.17, 15) is 14.7 Å². The number of methoxy groups -OCH3 is 2. The second kappa shape index (κ2) is 10.2. The molecular weight excluding hydrogens is 515 g/mol. The molecule has 180 valence electrons. The van der Waals surface area contributed by atoms with Crippen molar-refractivity contribution >= 4 is 52.3 Å². The maximum absolute atomic E-state index is 13.3. The quantitative estimate of drug-likeness (QED) is 0.249. The molecule has 7 nitrogen and oxygen atoms in total. The molecule has 1 saturated heterocycles. The Morgan fingerprint density at radius 1 is 1.00 bits per heavy atom. The number of pyridine rings is 1. The zero-order valence-corrected chi connectivity index (χ0v) is 20.9. The minimum atomic E-state index is -0.962. The number of carbonyl (C=O) groups is 2. The SMILES string of the molecule is COc1cc(/C(O)=C2\C(=O)C(=O)N(Cc3cccnc3)C2c2ccc(Cl)c(Cl)c2)c(OC)cc1Cl. The number of likely N-dealkylation sites (tertiary alicyclic amines) is 1. The lowest BCUT2D eigenvalue weighted by Gasteiger charge is -2.26. The molecule has 1 N–H and O–H groups in total. The first kappa shape index (κ1) is 24.9. The fraction of sp³-hybridized carbons (Fsp3) is 0.160. The van der Waals surface area contributed by atoms with Gasteiger partial charge < -0.3 is 19.5 Å². The number of nitrogens with zero attached hydrogens (tertiary/aromatic N) is 2. The molecule has 1 aliphatic rings. The van der Waals surface area contributed by atoms with Gasteiger partial charge in [-0.2, -0.15) is 0 Å². The molecule has 1 atom stereocenters. The number of halogens is 3. The summed E-state index contributed by atoms with van der Waals surface area (Å²) in [6.45, 7) is 0.0706. The molecule has 3 aromatic rings. The largest absolute Gasteiger partial charge is 0.507 e. The Labute approximate surface area is 216 Å². The molecule has 2 heterocycles. The topological polar surface area (TPSA) is 89.0 Å². The predicted molar refractivity (Wildman–Crippen MR) is 133 cm³/mol. The van der Waals surface area contributed by atoms with Gasteiger partial charge in [-0.05, 0) is 35.4 Å². The Morgan fingerprint density at radius 2 is 1.74 bits per heavy atom. The first-order chi connectivity index (χ1) is 16.8. The molecule has 1 amide bonds. The van der Waals surface area contributed by atoms with Gasteiger partial charge in [0.15, 0.2) is 0 Å². The minimum absolute atomic E-state index is 0.0706. The molecule has 1 aliphatic heterocycles. The molecule has 1 fully saturated rings. The normalized spacial score (nSPS) is 17.1. The number of aliphatic hydroxyl groups excluding tert-OH is 1. The summed E-state index contributed by atoms with van der Waals surface area (Å²) in [7, 11) is 2.81. The molecule has 1 aromatic heterocycles. The lowest BCUT2D eigenvalue weighted by Crippen LogP contribution is -2.29. The van der Waals surface area contributed by atoms with Gasteiger partial charge >= 0.3 is 0 Å². The van der Waals surface area contributed by atoms with Gasteiger partial charge in [-0.15, -0.1) is 0 Å². The molecule has 0 saturated carbocycles. The zero-order chi connectivity index (χ0) is 25.3. The van der Waals surface area contributed by atoms with Gasteiger partial charge in [-0.3, -0.25) is 14.6 Å². The van der Waals surface area contributed by atoms with Gasteiger partial charge in [0.2, 0.25) is 0 Å². The van der Waals surface area contributed by atoms with Crippen molar-refractivity contribution in [2.45, 2.75) is 12.6 Å². The summed E-state index contributed by atoms with van der Waals surface area (Å²) in [6, 6.07) is 10.2. The van der Waals surface area contributed by atoms with Crippen molar-refractivity contribution in [2.75, 3.05) is 14.2 Å². The number of aliphatic hydroxyl groups is 1. The van der Waals surface area contributed by atoms with Crippen molar-refractivity contribution in [3.63, 3.8) is 0 Å². The first-order valence-electron chi connectivity index (χ1n) is 10.3. The van der Waals surface area contributed by atoms with Gasteiger partial charge in [0.1, 0.15) is 17.3 Å². The number of Topliss-reactive ketones (excluding diaryl/α,β-unsaturated/α-hetero) is 1. The molecule has 10 heteroatoms. The summed E-state index contributed by atoms with van der Waals surface area (Å²) < 4.78 is 10.6. The fourth-order valence-corrected chi connectivity index (χ4v) is 4.49. The van der Waals surface area contributed by atoms with E-state index >= 15 is 0 Å². The fourth-order valence-electron chi connectivity index (χ4n) is 3.95. The molecule has 35 heavy (non-hydrogen) atoms. The van der Waals surface area contributed by atoms with E-state index in [1.807, 2.05) is 0 Å². The molecule has 1 unspecified atom stereocenters. The number of hydrogen-bond donors (Lipinski definition) is 1. The third-order valence-corrected chi connectivity index (χ3v) is 6.64. The molecule has 2 aromatic carbocycles. The van der Waals surface area contributed by atoms with E-state index in [2.05, 4.69) is 4.98 Å². The van der Waals surface area contributed by atoms with E-state index in [1.54, 1.807) is 42.7 Å². The Kier molecular flexibility index (Phi) is 7.21. The minimum Gasteiger partial charge on any atom is -0.507 e. The molecule has 0 aliphatic carbocycles. The van der Waals surface area contributed by atoms with E-state index < -0.39 is 23.5 Å². The van der Waals surface area contributed by atoms with Crippen LogP contribution in [0, 0.1) is 0 Å². The van der Waals surface area contributed by atoms with Gasteiger partial charge in [0.25, 0.3) is 11.7 Å². The van der Waals surface area contributed by atoms with Gasteiger partial charge in [-0.1, -0.05) is 46.9 Å². The lowest BCUT2D eigenvalue weighted by molar-refractivity contribution is -0.140. The lowest BCUT2D eigenvalue weighted by atomic mass is 9.94. The Morgan fingerprint density at radius 3 is 2.37 bits per heavy atom. The Balaban J connectivity index is 1.95. The van der Waals surface area contributed by atoms with Crippen molar-refractivity contribution in [1.82, 2.24) is 9.88 Å². The summed E-state index contributed by atoms with van der Waals surface area (Å²) in [5, 5.41) is 12.2. The number of aromatic nitrogens is 1. The maximum atomic E-state index is 13.3. The molecule has 0 bridgehead atoms. The van der Waals surface area contributed by atoms with Gasteiger partial charge in [0, 0.05) is 25.0 Å². The molecular formula is C25H19Cl3N2O5. The average Bonchev–Trinajstić information content (AvgIpc) is 3.10. The van der Waals surface area contributed by atoms with E-state index in [0.29, 0.717) is 16.1 Å². The number of ether oxygens (including phenoxy) is 2. The van der Waals surface area contributed by atoms with Crippen molar-refractivity contribution < 1.29 is 24.2 Å². The zero-order valence-electron chi connectivity index (χ0n) is 18.6. The Hall–Kier alpha value is -3.26. The van der Waals surface area contributed by atoms with Crippen LogP contribution in [0.15, 0.2) is 60.4 Å². The third-order valence-electron chi connectivity index (χ3n) is 5.60. The van der Waals surface area contributed by atoms with Crippen molar-refractivity contribution in [1.29, 1.82) is 0 Å². The summed E-state index contributed by atoms with van der Waals surface area (Å²) in [5.74, 6) is -1.64. The summed E-state index contributed by atoms with van der Waals surface area (Å²) in [6.07, 6.45) is 3.20. The highest BCUT2D eigenvalue weighted by atomic mass is 35.5. The molecule has 4 rings (SSSR count). The molecule has 0 spiro atoms. The van der Waals surface area contributed by atoms with Crippen LogP contribution in [0.1, 0.15) is 22.7 Å². The van der Waals surface area contributed by atoms with Crippen LogP contribution in [0.2, 0.25) is 15.1 Å². The van der Waals surface area contributed by atoms with E-state index in [4.69, 9.17) is 44.3 Å². The number of carbonyl (C=O) groups excluding carboxylic acids is 2. The number of benzene rings is 2. The number of amides is 1. The standard InChI is InChI=1S/C25H19Cl3N2O5/c1-34-19-10-18(28)20(35-2)9-15(19)23(31)21-22(14-5-6-16(26)17(27)8-14)30(25(33)24(21)32)12-13-4-3-7-29-11-13/h3-11,22,31H,12H2,1-2H3/b23-21+. The highest BCUT2D eigenvalue weighted by Gasteiger charge is 2.46. The van der Waals surface area contributed by atoms with Crippen molar-refractivity contribution in [3.05, 3.63) is 92.2 Å². The van der Waals surface area contributed by atoms with Gasteiger partial charge in [-0.25, -0.2) is 0 Å². The smallest absolute Gasteiger partial charge is 0.295 e. The number of hydrogen-bond acceptors (Lipinski definition) is 6. The van der Waals surface area contributed by atoms with Gasteiger partial charge in [0.05, 0.1) is 46.5 Å². The number of ketones is 1. The monoisotopic (exact) mass is 532 g/mol. The van der Waals surface area contributed by atoms with Crippen LogP contribution in [0.25, 0.3) is 5.76 Å².